The maximum Gasteiger partial charge on any atom is 0.419 e. The molecule has 4 rings (SSSR count). The number of aliphatic hydroxyl groups is 1. The van der Waals surface area contributed by atoms with E-state index in [4.69, 9.17) is 0 Å². The third kappa shape index (κ3) is 3.15. The molecule has 3 aromatic rings. The van der Waals surface area contributed by atoms with Crippen molar-refractivity contribution in [1.29, 1.82) is 0 Å². The molecule has 0 saturated heterocycles. The van der Waals surface area contributed by atoms with Crippen LogP contribution < -0.4 is 5.32 Å². The highest BCUT2D eigenvalue weighted by Gasteiger charge is 2.62. The average Bonchev–Trinajstić information content (AvgIpc) is 2.69. The van der Waals surface area contributed by atoms with E-state index in [0.717, 1.165) is 0 Å². The van der Waals surface area contributed by atoms with E-state index in [0.29, 0.717) is 34.4 Å². The predicted octanol–water partition coefficient (Wildman–Crippen LogP) is 4.99. The number of nitrogens with one attached hydrogen (secondary N) is 1. The van der Waals surface area contributed by atoms with Gasteiger partial charge in [0.25, 0.3) is 0 Å². The number of anilines is 1. The minimum absolute atomic E-state index is 0.0627. The topological polar surface area (TPSA) is 78.3 Å². The van der Waals surface area contributed by atoms with Crippen LogP contribution in [0.2, 0.25) is 0 Å². The van der Waals surface area contributed by atoms with Crippen molar-refractivity contribution in [3.05, 3.63) is 59.5 Å². The van der Waals surface area contributed by atoms with Crippen LogP contribution in [-0.4, -0.2) is 32.0 Å². The summed E-state index contributed by atoms with van der Waals surface area (Å²) < 4.78 is 42.5. The number of hydrogen-bond acceptors (Lipinski definition) is 5. The van der Waals surface area contributed by atoms with Crippen molar-refractivity contribution in [3.63, 3.8) is 0 Å². The van der Waals surface area contributed by atoms with Crippen LogP contribution in [0.5, 0.6) is 5.75 Å². The second-order valence-corrected chi connectivity index (χ2v) is 7.74. The van der Waals surface area contributed by atoms with E-state index in [9.17, 15) is 23.4 Å². The Morgan fingerprint density at radius 3 is 2.63 bits per heavy atom. The molecule has 0 fully saturated rings. The molecule has 0 saturated carbocycles. The van der Waals surface area contributed by atoms with Gasteiger partial charge in [-0.3, -0.25) is 0 Å². The smallest absolute Gasteiger partial charge is 0.419 e. The molecule has 5 nitrogen and oxygen atoms in total. The molecule has 158 valence electrons. The second-order valence-electron chi connectivity index (χ2n) is 7.74. The lowest BCUT2D eigenvalue weighted by Gasteiger charge is -2.45. The van der Waals surface area contributed by atoms with Gasteiger partial charge in [0, 0.05) is 22.8 Å². The molecule has 3 atom stereocenters. The Balaban J connectivity index is 1.91. The molecule has 0 unspecified atom stereocenters. The molecule has 0 radical (unpaired) electrons. The average molecular weight is 417 g/mol. The van der Waals surface area contributed by atoms with Crippen LogP contribution in [0.4, 0.5) is 18.9 Å². The van der Waals surface area contributed by atoms with Gasteiger partial charge in [-0.1, -0.05) is 25.1 Å². The van der Waals surface area contributed by atoms with Gasteiger partial charge in [-0.25, -0.2) is 9.97 Å². The molecule has 30 heavy (non-hydrogen) atoms. The van der Waals surface area contributed by atoms with Crippen LogP contribution in [0.15, 0.2) is 42.6 Å². The number of phenols is 1. The first kappa shape index (κ1) is 20.4. The molecule has 1 aliphatic rings. The van der Waals surface area contributed by atoms with Gasteiger partial charge in [-0.05, 0) is 49.4 Å². The largest absolute Gasteiger partial charge is 0.508 e. The molecule has 0 amide bonds. The third-order valence-corrected chi connectivity index (χ3v) is 5.90. The minimum atomic E-state index is -4.88. The van der Waals surface area contributed by atoms with E-state index in [2.05, 4.69) is 15.3 Å². The zero-order valence-electron chi connectivity index (χ0n) is 16.5. The highest BCUT2D eigenvalue weighted by atomic mass is 19.4. The molecular weight excluding hydrogens is 395 g/mol. The predicted molar refractivity (Wildman–Crippen MR) is 107 cm³/mol. The molecule has 1 aromatic heterocycles. The molecule has 3 N–H and O–H groups in total. The van der Waals surface area contributed by atoms with Crippen LogP contribution >= 0.6 is 0 Å². The number of alkyl halides is 3. The summed E-state index contributed by atoms with van der Waals surface area (Å²) in [7, 11) is 0. The van der Waals surface area contributed by atoms with Crippen LogP contribution in [0, 0.1) is 6.92 Å². The Morgan fingerprint density at radius 2 is 1.93 bits per heavy atom. The van der Waals surface area contributed by atoms with Gasteiger partial charge >= 0.3 is 6.18 Å². The maximum absolute atomic E-state index is 14.2. The Kier molecular flexibility index (Phi) is 4.85. The number of hydrogen-bond donors (Lipinski definition) is 3. The van der Waals surface area contributed by atoms with Crippen LogP contribution in [-0.2, 0) is 0 Å². The maximum atomic E-state index is 14.2. The van der Waals surface area contributed by atoms with Gasteiger partial charge in [-0.15, -0.1) is 0 Å². The molecule has 0 bridgehead atoms. The fourth-order valence-electron chi connectivity index (χ4n) is 4.37. The first-order valence-electron chi connectivity index (χ1n) is 9.75. The van der Waals surface area contributed by atoms with Crippen molar-refractivity contribution >= 4 is 16.6 Å². The van der Waals surface area contributed by atoms with Gasteiger partial charge in [0.05, 0.1) is 11.6 Å². The zero-order chi connectivity index (χ0) is 21.7. The number of aromatic hydroxyl groups is 1. The van der Waals surface area contributed by atoms with Crippen molar-refractivity contribution < 1.29 is 23.4 Å². The standard InChI is InChI=1S/C22H22F3N3O2/c1-3-13-10-21(30,22(23,24)25)20(14-6-4-9-18(29)19(13)14)28-17-8-5-7-16-15(17)11-26-12(2)27-16/h4-9,11,13,20,28-30H,3,10H2,1-2H3/t13-,20+,21+/m1/s1. The monoisotopic (exact) mass is 417 g/mol. The van der Waals surface area contributed by atoms with Gasteiger partial charge in [-0.2, -0.15) is 13.2 Å². The lowest BCUT2D eigenvalue weighted by molar-refractivity contribution is -0.272. The summed E-state index contributed by atoms with van der Waals surface area (Å²) in [5.74, 6) is -0.137. The van der Waals surface area contributed by atoms with Gasteiger partial charge < -0.3 is 15.5 Å². The summed E-state index contributed by atoms with van der Waals surface area (Å²) in [4.78, 5) is 8.48. The summed E-state index contributed by atoms with van der Waals surface area (Å²) in [6.07, 6.45) is -3.51. The highest BCUT2D eigenvalue weighted by Crippen LogP contribution is 2.55. The zero-order valence-corrected chi connectivity index (χ0v) is 16.5. The number of benzene rings is 2. The first-order chi connectivity index (χ1) is 14.2. The van der Waals surface area contributed by atoms with E-state index < -0.39 is 30.2 Å². The Labute approximate surface area is 171 Å². The van der Waals surface area contributed by atoms with Crippen LogP contribution in [0.3, 0.4) is 0 Å². The van der Waals surface area contributed by atoms with Gasteiger partial charge in [0.1, 0.15) is 11.6 Å². The van der Waals surface area contributed by atoms with E-state index in [1.807, 2.05) is 0 Å². The highest BCUT2D eigenvalue weighted by molar-refractivity contribution is 5.91. The molecule has 1 heterocycles. The first-order valence-corrected chi connectivity index (χ1v) is 9.75. The van der Waals surface area contributed by atoms with Gasteiger partial charge in [0.2, 0.25) is 0 Å². The molecule has 2 aromatic carbocycles. The van der Waals surface area contributed by atoms with Crippen LogP contribution in [0.1, 0.15) is 48.7 Å². The quantitative estimate of drug-likeness (QED) is 0.560. The SMILES string of the molecule is CC[C@@H]1C[C@@](O)(C(F)(F)F)[C@@H](Nc2cccc3nc(C)ncc23)c2cccc(O)c21. The van der Waals surface area contributed by atoms with Gasteiger partial charge in [0.15, 0.2) is 5.60 Å². The van der Waals surface area contributed by atoms with Crippen molar-refractivity contribution in [1.82, 2.24) is 9.97 Å². The number of fused-ring (bicyclic) bond motifs is 2. The molecular formula is C22H22F3N3O2. The Bertz CT molecular complexity index is 1100. The number of rotatable bonds is 3. The molecule has 0 spiro atoms. The number of aromatic nitrogens is 2. The number of aryl methyl sites for hydroxylation is 1. The molecule has 0 aliphatic heterocycles. The lowest BCUT2D eigenvalue weighted by atomic mass is 9.69. The number of halogens is 3. The van der Waals surface area contributed by atoms with E-state index in [1.165, 1.54) is 18.2 Å². The number of nitrogens with zero attached hydrogens (tertiary/aromatic N) is 2. The molecule has 1 aliphatic carbocycles. The van der Waals surface area contributed by atoms with E-state index in [-0.39, 0.29) is 11.3 Å². The fraction of sp³-hybridized carbons (Fsp3) is 0.364. The summed E-state index contributed by atoms with van der Waals surface area (Å²) in [6, 6.07) is 8.04. The van der Waals surface area contributed by atoms with Crippen molar-refractivity contribution in [2.24, 2.45) is 0 Å². The van der Waals surface area contributed by atoms with Crippen molar-refractivity contribution in [2.75, 3.05) is 5.32 Å². The minimum Gasteiger partial charge on any atom is -0.508 e. The Morgan fingerprint density at radius 1 is 1.20 bits per heavy atom. The number of phenolic OH excluding ortho intramolecular Hbond substituents is 1. The van der Waals surface area contributed by atoms with E-state index in [1.54, 1.807) is 38.2 Å². The third-order valence-electron chi connectivity index (χ3n) is 5.90. The summed E-state index contributed by atoms with van der Waals surface area (Å²) in [6.45, 7) is 3.48. The van der Waals surface area contributed by atoms with E-state index >= 15 is 0 Å². The second kappa shape index (κ2) is 7.12. The van der Waals surface area contributed by atoms with Crippen LogP contribution in [0.25, 0.3) is 10.9 Å². The fourth-order valence-corrected chi connectivity index (χ4v) is 4.37. The summed E-state index contributed by atoms with van der Waals surface area (Å²) in [5, 5.41) is 24.8. The lowest BCUT2D eigenvalue weighted by Crippen LogP contribution is -2.55. The Hall–Kier alpha value is -2.87. The van der Waals surface area contributed by atoms with Crippen molar-refractivity contribution in [3.8, 4) is 5.75 Å². The summed E-state index contributed by atoms with van der Waals surface area (Å²) in [5.41, 5.74) is -1.37. The summed E-state index contributed by atoms with van der Waals surface area (Å²) >= 11 is 0. The molecule has 8 heteroatoms. The normalized spacial score (nSPS) is 23.9. The van der Waals surface area contributed by atoms with Crippen molar-refractivity contribution in [2.45, 2.75) is 50.4 Å².